The van der Waals surface area contributed by atoms with Gasteiger partial charge in [0.15, 0.2) is 0 Å². The van der Waals surface area contributed by atoms with E-state index in [1.165, 1.54) is 12.1 Å². The molecule has 0 amide bonds. The summed E-state index contributed by atoms with van der Waals surface area (Å²) in [5.74, 6) is -0.233. The maximum Gasteiger partial charge on any atom is 0.123 e. The summed E-state index contributed by atoms with van der Waals surface area (Å²) < 4.78 is 14.9. The van der Waals surface area contributed by atoms with Gasteiger partial charge in [-0.2, -0.15) is 5.10 Å². The van der Waals surface area contributed by atoms with E-state index in [4.69, 9.17) is 0 Å². The topological polar surface area (TPSA) is 42.7 Å². The lowest BCUT2D eigenvalue weighted by Gasteiger charge is -2.17. The molecule has 6 heteroatoms. The van der Waals surface area contributed by atoms with Gasteiger partial charge >= 0.3 is 0 Å². The van der Waals surface area contributed by atoms with Crippen LogP contribution in [0.25, 0.3) is 0 Å². The Bertz CT molecular complexity index is 691. The summed E-state index contributed by atoms with van der Waals surface area (Å²) in [6, 6.07) is 6.50. The highest BCUT2D eigenvalue weighted by molar-refractivity contribution is 7.07. The molecule has 1 atom stereocenters. The molecule has 2 heterocycles. The Morgan fingerprint density at radius 1 is 1.29 bits per heavy atom. The smallest absolute Gasteiger partial charge is 0.123 e. The van der Waals surface area contributed by atoms with Crippen molar-refractivity contribution in [2.45, 2.75) is 12.6 Å². The number of hydrogen-bond acceptors (Lipinski definition) is 4. The number of halogens is 1. The summed E-state index contributed by atoms with van der Waals surface area (Å²) in [7, 11) is 1.88. The van der Waals surface area contributed by atoms with E-state index in [1.807, 2.05) is 30.3 Å². The normalized spacial score (nSPS) is 12.5. The minimum Gasteiger partial charge on any atom is -0.300 e. The van der Waals surface area contributed by atoms with Gasteiger partial charge in [0.05, 0.1) is 23.4 Å². The van der Waals surface area contributed by atoms with E-state index in [-0.39, 0.29) is 11.9 Å². The van der Waals surface area contributed by atoms with E-state index in [0.29, 0.717) is 6.54 Å². The van der Waals surface area contributed by atoms with Crippen LogP contribution in [0.2, 0.25) is 0 Å². The molecule has 4 nitrogen and oxygen atoms in total. The molecule has 0 saturated carbocycles. The Labute approximate surface area is 126 Å². The molecule has 21 heavy (non-hydrogen) atoms. The summed E-state index contributed by atoms with van der Waals surface area (Å²) in [5, 5.41) is 9.68. The lowest BCUT2D eigenvalue weighted by atomic mass is 10.0. The Balaban J connectivity index is 1.85. The van der Waals surface area contributed by atoms with Gasteiger partial charge in [-0.25, -0.2) is 9.37 Å². The summed E-state index contributed by atoms with van der Waals surface area (Å²) in [4.78, 5) is 4.27. The monoisotopic (exact) mass is 302 g/mol. The number of thiazole rings is 1. The van der Waals surface area contributed by atoms with E-state index in [9.17, 15) is 4.39 Å². The number of benzene rings is 1. The van der Waals surface area contributed by atoms with Crippen molar-refractivity contribution in [1.29, 1.82) is 0 Å². The number of nitrogens with zero attached hydrogens (tertiary/aromatic N) is 3. The molecule has 0 radical (unpaired) electrons. The molecule has 1 aromatic carbocycles. The first-order chi connectivity index (χ1) is 10.2. The fraction of sp³-hybridized carbons (Fsp3) is 0.200. The molecule has 3 rings (SSSR count). The highest BCUT2D eigenvalue weighted by Crippen LogP contribution is 2.22. The first kappa shape index (κ1) is 13.9. The lowest BCUT2D eigenvalue weighted by Crippen LogP contribution is -2.22. The van der Waals surface area contributed by atoms with Gasteiger partial charge < -0.3 is 5.32 Å². The van der Waals surface area contributed by atoms with Crippen molar-refractivity contribution in [2.24, 2.45) is 7.05 Å². The van der Waals surface area contributed by atoms with Crippen LogP contribution >= 0.6 is 11.3 Å². The van der Waals surface area contributed by atoms with Crippen LogP contribution in [0.4, 0.5) is 4.39 Å². The predicted octanol–water partition coefficient (Wildman–Crippen LogP) is 2.89. The van der Waals surface area contributed by atoms with E-state index < -0.39 is 0 Å². The summed E-state index contributed by atoms with van der Waals surface area (Å²) in [6.45, 7) is 0.653. The predicted molar refractivity (Wildman–Crippen MR) is 80.4 cm³/mol. The average molecular weight is 302 g/mol. The maximum absolute atomic E-state index is 13.1. The van der Waals surface area contributed by atoms with Crippen molar-refractivity contribution in [3.8, 4) is 0 Å². The minimum atomic E-state index is -0.233. The van der Waals surface area contributed by atoms with Crippen LogP contribution in [0.1, 0.15) is 22.9 Å². The van der Waals surface area contributed by atoms with Gasteiger partial charge in [-0.1, -0.05) is 12.1 Å². The fourth-order valence-corrected chi connectivity index (χ4v) is 2.76. The second-order valence-electron chi connectivity index (χ2n) is 4.79. The SMILES string of the molecule is Cn1cc([C@@H](NCc2cscn2)c2ccc(F)cc2)cn1. The highest BCUT2D eigenvalue weighted by Gasteiger charge is 2.15. The molecule has 0 saturated heterocycles. The lowest BCUT2D eigenvalue weighted by molar-refractivity contribution is 0.592. The molecule has 0 unspecified atom stereocenters. The van der Waals surface area contributed by atoms with Crippen molar-refractivity contribution in [2.75, 3.05) is 0 Å². The third-order valence-corrected chi connectivity index (χ3v) is 3.87. The molecule has 1 N–H and O–H groups in total. The molecule has 3 aromatic rings. The van der Waals surface area contributed by atoms with Gasteiger partial charge in [-0.3, -0.25) is 4.68 Å². The minimum absolute atomic E-state index is 0.0407. The molecule has 0 aliphatic heterocycles. The third-order valence-electron chi connectivity index (χ3n) is 3.23. The molecule has 0 spiro atoms. The molecule has 0 aliphatic carbocycles. The molecular formula is C15H15FN4S. The standard InChI is InChI=1S/C15H15FN4S/c1-20-8-12(6-19-20)15(11-2-4-13(16)5-3-11)17-7-14-9-21-10-18-14/h2-6,8-10,15,17H,7H2,1H3/t15-/m0/s1. The van der Waals surface area contributed by atoms with Gasteiger partial charge in [0.1, 0.15) is 5.82 Å². The second kappa shape index (κ2) is 6.15. The summed E-state index contributed by atoms with van der Waals surface area (Å²) in [5.41, 5.74) is 4.85. The van der Waals surface area contributed by atoms with Gasteiger partial charge in [0.2, 0.25) is 0 Å². The van der Waals surface area contributed by atoms with Gasteiger partial charge in [-0.05, 0) is 17.7 Å². The van der Waals surface area contributed by atoms with Crippen molar-refractivity contribution in [1.82, 2.24) is 20.1 Å². The van der Waals surface area contributed by atoms with E-state index in [1.54, 1.807) is 28.2 Å². The number of aryl methyl sites for hydroxylation is 1. The quantitative estimate of drug-likeness (QED) is 0.788. The molecule has 0 bridgehead atoms. The zero-order valence-electron chi connectivity index (χ0n) is 11.5. The first-order valence-corrected chi connectivity index (χ1v) is 7.51. The Morgan fingerprint density at radius 3 is 2.71 bits per heavy atom. The van der Waals surface area contributed by atoms with Crippen LogP contribution in [-0.2, 0) is 13.6 Å². The van der Waals surface area contributed by atoms with Gasteiger partial charge in [-0.15, -0.1) is 11.3 Å². The Kier molecular flexibility index (Phi) is 4.08. The van der Waals surface area contributed by atoms with Crippen molar-refractivity contribution < 1.29 is 4.39 Å². The Hall–Kier alpha value is -2.05. The number of rotatable bonds is 5. The molecule has 2 aromatic heterocycles. The largest absolute Gasteiger partial charge is 0.300 e. The Morgan fingerprint density at radius 2 is 2.10 bits per heavy atom. The van der Waals surface area contributed by atoms with E-state index in [2.05, 4.69) is 15.4 Å². The second-order valence-corrected chi connectivity index (χ2v) is 5.51. The van der Waals surface area contributed by atoms with Gasteiger partial charge in [0.25, 0.3) is 0 Å². The maximum atomic E-state index is 13.1. The average Bonchev–Trinajstić information content (AvgIpc) is 3.13. The third kappa shape index (κ3) is 3.34. The van der Waals surface area contributed by atoms with E-state index >= 15 is 0 Å². The summed E-state index contributed by atoms with van der Waals surface area (Å²) >= 11 is 1.57. The highest BCUT2D eigenvalue weighted by atomic mass is 32.1. The van der Waals surface area contributed by atoms with Crippen molar-refractivity contribution in [3.63, 3.8) is 0 Å². The number of hydrogen-bond donors (Lipinski definition) is 1. The first-order valence-electron chi connectivity index (χ1n) is 6.57. The zero-order chi connectivity index (χ0) is 14.7. The van der Waals surface area contributed by atoms with Crippen LogP contribution in [-0.4, -0.2) is 14.8 Å². The van der Waals surface area contributed by atoms with Crippen LogP contribution in [0.5, 0.6) is 0 Å². The molecule has 0 fully saturated rings. The number of nitrogens with one attached hydrogen (secondary N) is 1. The molecular weight excluding hydrogens is 287 g/mol. The van der Waals surface area contributed by atoms with Crippen molar-refractivity contribution in [3.05, 3.63) is 70.2 Å². The zero-order valence-corrected chi connectivity index (χ0v) is 12.3. The van der Waals surface area contributed by atoms with Crippen LogP contribution in [0.3, 0.4) is 0 Å². The van der Waals surface area contributed by atoms with E-state index in [0.717, 1.165) is 16.8 Å². The van der Waals surface area contributed by atoms with Crippen LogP contribution in [0.15, 0.2) is 47.5 Å². The molecule has 0 aliphatic rings. The molecule has 108 valence electrons. The summed E-state index contributed by atoms with van der Waals surface area (Å²) in [6.07, 6.45) is 3.78. The van der Waals surface area contributed by atoms with Crippen molar-refractivity contribution >= 4 is 11.3 Å². The van der Waals surface area contributed by atoms with Crippen LogP contribution < -0.4 is 5.32 Å². The van der Waals surface area contributed by atoms with Gasteiger partial charge in [0, 0.05) is 30.7 Å². The number of aromatic nitrogens is 3. The fourth-order valence-electron chi connectivity index (χ4n) is 2.20. The van der Waals surface area contributed by atoms with Crippen LogP contribution in [0, 0.1) is 5.82 Å².